The zero-order valence-electron chi connectivity index (χ0n) is 11.9. The molecule has 4 heteroatoms. The first-order chi connectivity index (χ1) is 9.49. The predicted octanol–water partition coefficient (Wildman–Crippen LogP) is 4.52. The van der Waals surface area contributed by atoms with Crippen molar-refractivity contribution in [2.24, 2.45) is 0 Å². The third kappa shape index (κ3) is 3.49. The maximum Gasteiger partial charge on any atom is 0.254 e. The number of aryl methyl sites for hydroxylation is 1. The fourth-order valence-electron chi connectivity index (χ4n) is 2.04. The lowest BCUT2D eigenvalue weighted by Crippen LogP contribution is -2.36. The Kier molecular flexibility index (Phi) is 5.00. The van der Waals surface area contributed by atoms with Crippen LogP contribution >= 0.6 is 27.3 Å². The number of halogens is 1. The van der Waals surface area contributed by atoms with E-state index < -0.39 is 0 Å². The van der Waals surface area contributed by atoms with E-state index in [-0.39, 0.29) is 11.9 Å². The Morgan fingerprint density at radius 3 is 2.75 bits per heavy atom. The molecule has 2 nitrogen and oxygen atoms in total. The topological polar surface area (TPSA) is 20.3 Å². The number of likely N-dealkylation sites (N-methyl/N-ethyl adjacent to an activating group) is 1. The molecule has 20 heavy (non-hydrogen) atoms. The molecule has 0 aliphatic heterocycles. The van der Waals surface area contributed by atoms with E-state index in [1.165, 1.54) is 4.88 Å². The summed E-state index contributed by atoms with van der Waals surface area (Å²) < 4.78 is 0.859. The van der Waals surface area contributed by atoms with Gasteiger partial charge in [-0.05, 0) is 58.9 Å². The van der Waals surface area contributed by atoms with Crippen LogP contribution in [0.5, 0.6) is 0 Å². The van der Waals surface area contributed by atoms with Crippen molar-refractivity contribution in [3.8, 4) is 0 Å². The standard InChI is InChI=1S/C16H18BrNOS/c1-11-6-7-14(15(17)9-11)16(19)18(3)12(2)10-13-5-4-8-20-13/h4-9,12H,10H2,1-3H3. The van der Waals surface area contributed by atoms with Crippen LogP contribution in [0.1, 0.15) is 27.7 Å². The van der Waals surface area contributed by atoms with Crippen LogP contribution in [0.2, 0.25) is 0 Å². The molecule has 2 rings (SSSR count). The molecule has 0 radical (unpaired) electrons. The van der Waals surface area contributed by atoms with Crippen molar-refractivity contribution < 1.29 is 4.79 Å². The average molecular weight is 352 g/mol. The van der Waals surface area contributed by atoms with Gasteiger partial charge in [-0.15, -0.1) is 11.3 Å². The van der Waals surface area contributed by atoms with E-state index in [0.717, 1.165) is 22.0 Å². The number of thiophene rings is 1. The van der Waals surface area contributed by atoms with Crippen molar-refractivity contribution in [2.75, 3.05) is 7.05 Å². The van der Waals surface area contributed by atoms with Gasteiger partial charge in [0.05, 0.1) is 5.56 Å². The Morgan fingerprint density at radius 2 is 2.15 bits per heavy atom. The van der Waals surface area contributed by atoms with Gasteiger partial charge in [-0.1, -0.05) is 12.1 Å². The monoisotopic (exact) mass is 351 g/mol. The molecule has 0 saturated heterocycles. The Labute approximate surface area is 132 Å². The fourth-order valence-corrected chi connectivity index (χ4v) is 3.53. The lowest BCUT2D eigenvalue weighted by molar-refractivity contribution is 0.0743. The molecule has 0 spiro atoms. The zero-order chi connectivity index (χ0) is 14.7. The number of hydrogen-bond acceptors (Lipinski definition) is 2. The van der Waals surface area contributed by atoms with Gasteiger partial charge in [-0.3, -0.25) is 4.79 Å². The van der Waals surface area contributed by atoms with E-state index >= 15 is 0 Å². The molecule has 0 saturated carbocycles. The van der Waals surface area contributed by atoms with Gasteiger partial charge in [0, 0.05) is 28.9 Å². The number of hydrogen-bond donors (Lipinski definition) is 0. The van der Waals surface area contributed by atoms with E-state index in [4.69, 9.17) is 0 Å². The molecule has 106 valence electrons. The molecule has 1 amide bonds. The molecule has 1 aromatic heterocycles. The Bertz CT molecular complexity index is 595. The third-order valence-electron chi connectivity index (χ3n) is 3.41. The molecule has 1 atom stereocenters. The SMILES string of the molecule is Cc1ccc(C(=O)N(C)C(C)Cc2cccs2)c(Br)c1. The van der Waals surface area contributed by atoms with Crippen molar-refractivity contribution in [1.29, 1.82) is 0 Å². The van der Waals surface area contributed by atoms with Gasteiger partial charge in [0.2, 0.25) is 0 Å². The highest BCUT2D eigenvalue weighted by atomic mass is 79.9. The average Bonchev–Trinajstić information content (AvgIpc) is 2.90. The van der Waals surface area contributed by atoms with Crippen molar-refractivity contribution in [1.82, 2.24) is 4.90 Å². The first-order valence-electron chi connectivity index (χ1n) is 6.54. The number of nitrogens with zero attached hydrogens (tertiary/aromatic N) is 1. The minimum Gasteiger partial charge on any atom is -0.339 e. The van der Waals surface area contributed by atoms with Gasteiger partial charge < -0.3 is 4.90 Å². The predicted molar refractivity (Wildman–Crippen MR) is 88.5 cm³/mol. The lowest BCUT2D eigenvalue weighted by Gasteiger charge is -2.25. The van der Waals surface area contributed by atoms with Gasteiger partial charge in [0.1, 0.15) is 0 Å². The highest BCUT2D eigenvalue weighted by molar-refractivity contribution is 9.10. The van der Waals surface area contributed by atoms with Crippen LogP contribution in [0.4, 0.5) is 0 Å². The molecule has 1 heterocycles. The summed E-state index contributed by atoms with van der Waals surface area (Å²) in [7, 11) is 1.87. The molecular formula is C16H18BrNOS. The molecule has 0 aliphatic carbocycles. The van der Waals surface area contributed by atoms with Crippen LogP contribution in [-0.2, 0) is 6.42 Å². The molecule has 2 aromatic rings. The van der Waals surface area contributed by atoms with Crippen molar-refractivity contribution >= 4 is 33.2 Å². The fraction of sp³-hybridized carbons (Fsp3) is 0.312. The second-order valence-corrected chi connectivity index (χ2v) is 6.92. The number of rotatable bonds is 4. The molecule has 1 unspecified atom stereocenters. The van der Waals surface area contributed by atoms with Gasteiger partial charge in [0.15, 0.2) is 0 Å². The van der Waals surface area contributed by atoms with Crippen LogP contribution in [0.15, 0.2) is 40.2 Å². The number of amides is 1. The summed E-state index contributed by atoms with van der Waals surface area (Å²) in [4.78, 5) is 15.7. The number of benzene rings is 1. The molecule has 0 aliphatic rings. The minimum absolute atomic E-state index is 0.0564. The summed E-state index contributed by atoms with van der Waals surface area (Å²) in [6, 6.07) is 10.2. The molecule has 0 bridgehead atoms. The maximum atomic E-state index is 12.5. The summed E-state index contributed by atoms with van der Waals surface area (Å²) in [6.45, 7) is 4.10. The van der Waals surface area contributed by atoms with Crippen molar-refractivity contribution in [3.63, 3.8) is 0 Å². The molecule has 0 fully saturated rings. The van der Waals surface area contributed by atoms with E-state index in [9.17, 15) is 4.79 Å². The van der Waals surface area contributed by atoms with Crippen LogP contribution in [0, 0.1) is 6.92 Å². The maximum absolute atomic E-state index is 12.5. The van der Waals surface area contributed by atoms with E-state index in [2.05, 4.69) is 34.3 Å². The number of carbonyl (C=O) groups is 1. The van der Waals surface area contributed by atoms with Crippen LogP contribution < -0.4 is 0 Å². The molecule has 1 aromatic carbocycles. The second kappa shape index (κ2) is 6.55. The smallest absolute Gasteiger partial charge is 0.254 e. The summed E-state index contributed by atoms with van der Waals surface area (Å²) in [6.07, 6.45) is 0.892. The normalized spacial score (nSPS) is 12.2. The van der Waals surface area contributed by atoms with Crippen LogP contribution in [-0.4, -0.2) is 23.9 Å². The Morgan fingerprint density at radius 1 is 1.40 bits per heavy atom. The van der Waals surface area contributed by atoms with Gasteiger partial charge in [0.25, 0.3) is 5.91 Å². The molecule has 0 N–H and O–H groups in total. The molecular weight excluding hydrogens is 334 g/mol. The Hall–Kier alpha value is -1.13. The lowest BCUT2D eigenvalue weighted by atomic mass is 10.1. The largest absolute Gasteiger partial charge is 0.339 e. The van der Waals surface area contributed by atoms with Crippen LogP contribution in [0.3, 0.4) is 0 Å². The first kappa shape index (κ1) is 15.3. The van der Waals surface area contributed by atoms with E-state index in [1.54, 1.807) is 11.3 Å². The summed E-state index contributed by atoms with van der Waals surface area (Å²) in [5.41, 5.74) is 1.86. The second-order valence-electron chi connectivity index (χ2n) is 5.03. The van der Waals surface area contributed by atoms with Crippen molar-refractivity contribution in [2.45, 2.75) is 26.3 Å². The zero-order valence-corrected chi connectivity index (χ0v) is 14.3. The van der Waals surface area contributed by atoms with Crippen LogP contribution in [0.25, 0.3) is 0 Å². The first-order valence-corrected chi connectivity index (χ1v) is 8.22. The van der Waals surface area contributed by atoms with E-state index in [0.29, 0.717) is 0 Å². The third-order valence-corrected chi connectivity index (χ3v) is 4.97. The van der Waals surface area contributed by atoms with Gasteiger partial charge in [-0.25, -0.2) is 0 Å². The summed E-state index contributed by atoms with van der Waals surface area (Å²) in [5, 5.41) is 2.07. The highest BCUT2D eigenvalue weighted by Crippen LogP contribution is 2.21. The number of carbonyl (C=O) groups excluding carboxylic acids is 1. The van der Waals surface area contributed by atoms with Gasteiger partial charge in [-0.2, -0.15) is 0 Å². The minimum atomic E-state index is 0.0564. The highest BCUT2D eigenvalue weighted by Gasteiger charge is 2.20. The van der Waals surface area contributed by atoms with E-state index in [1.807, 2.05) is 43.1 Å². The summed E-state index contributed by atoms with van der Waals surface area (Å²) >= 11 is 5.21. The van der Waals surface area contributed by atoms with Gasteiger partial charge >= 0.3 is 0 Å². The Balaban J connectivity index is 2.11. The summed E-state index contributed by atoms with van der Waals surface area (Å²) in [5.74, 6) is 0.0564. The van der Waals surface area contributed by atoms with Crippen molar-refractivity contribution in [3.05, 3.63) is 56.2 Å². The quantitative estimate of drug-likeness (QED) is 0.792.